The molecule has 5 heteroatoms. The Kier molecular flexibility index (Phi) is 5.56. The summed E-state index contributed by atoms with van der Waals surface area (Å²) in [4.78, 5) is 11.8. The number of aryl methyl sites for hydroxylation is 1. The lowest BCUT2D eigenvalue weighted by Gasteiger charge is -2.11. The van der Waals surface area contributed by atoms with Crippen LogP contribution in [0, 0.1) is 18.7 Å². The van der Waals surface area contributed by atoms with Crippen LogP contribution in [0.2, 0.25) is 0 Å². The van der Waals surface area contributed by atoms with Crippen LogP contribution in [-0.4, -0.2) is 19.0 Å². The Hall–Kier alpha value is -1.13. The Morgan fingerprint density at radius 3 is 2.94 bits per heavy atom. The molecule has 1 amide bonds. The first-order valence-electron chi connectivity index (χ1n) is 5.92. The van der Waals surface area contributed by atoms with E-state index in [0.29, 0.717) is 18.0 Å². The van der Waals surface area contributed by atoms with Gasteiger partial charge in [0.1, 0.15) is 5.82 Å². The molecule has 3 nitrogen and oxygen atoms in total. The average molecular weight is 273 g/mol. The maximum atomic E-state index is 12.9. The van der Waals surface area contributed by atoms with Crippen molar-refractivity contribution in [3.8, 4) is 0 Å². The molecular formula is C13H18ClFN2O. The third-order valence-corrected chi connectivity index (χ3v) is 3.10. The van der Waals surface area contributed by atoms with Crippen molar-refractivity contribution in [3.63, 3.8) is 0 Å². The van der Waals surface area contributed by atoms with E-state index in [1.54, 1.807) is 13.0 Å². The van der Waals surface area contributed by atoms with Gasteiger partial charge in [-0.05, 0) is 56.1 Å². The number of benzene rings is 1. The molecule has 18 heavy (non-hydrogen) atoms. The van der Waals surface area contributed by atoms with Gasteiger partial charge in [0.25, 0.3) is 0 Å². The normalized spacial score (nSPS) is 18.2. The van der Waals surface area contributed by atoms with Crippen LogP contribution in [0.1, 0.15) is 18.4 Å². The molecule has 1 unspecified atom stereocenters. The standard InChI is InChI=1S/C13H17FN2O.ClH/c1-9-6-11(14)2-3-12(9)16-13(17)7-10-4-5-15-8-10;/h2-3,6,10,15H,4-5,7-8H2,1H3,(H,16,17);1H. The van der Waals surface area contributed by atoms with Crippen molar-refractivity contribution in [3.05, 3.63) is 29.6 Å². The zero-order valence-corrected chi connectivity index (χ0v) is 11.1. The van der Waals surface area contributed by atoms with Gasteiger partial charge >= 0.3 is 0 Å². The molecule has 1 atom stereocenters. The topological polar surface area (TPSA) is 41.1 Å². The molecule has 1 fully saturated rings. The molecule has 1 saturated heterocycles. The molecule has 2 N–H and O–H groups in total. The maximum Gasteiger partial charge on any atom is 0.224 e. The van der Waals surface area contributed by atoms with Gasteiger partial charge in [-0.1, -0.05) is 0 Å². The maximum absolute atomic E-state index is 12.9. The highest BCUT2D eigenvalue weighted by Crippen LogP contribution is 2.18. The number of carbonyl (C=O) groups excluding carboxylic acids is 1. The van der Waals surface area contributed by atoms with Crippen molar-refractivity contribution in [1.82, 2.24) is 5.32 Å². The van der Waals surface area contributed by atoms with E-state index in [2.05, 4.69) is 10.6 Å². The van der Waals surface area contributed by atoms with E-state index < -0.39 is 0 Å². The summed E-state index contributed by atoms with van der Waals surface area (Å²) < 4.78 is 12.9. The van der Waals surface area contributed by atoms with Gasteiger partial charge in [-0.2, -0.15) is 0 Å². The highest BCUT2D eigenvalue weighted by molar-refractivity contribution is 5.91. The smallest absolute Gasteiger partial charge is 0.224 e. The van der Waals surface area contributed by atoms with Gasteiger partial charge in [0.15, 0.2) is 0 Å². The molecule has 1 heterocycles. The van der Waals surface area contributed by atoms with Crippen LogP contribution in [0.5, 0.6) is 0 Å². The Morgan fingerprint density at radius 2 is 2.33 bits per heavy atom. The number of amides is 1. The first kappa shape index (κ1) is 14.9. The van der Waals surface area contributed by atoms with E-state index in [4.69, 9.17) is 0 Å². The molecule has 1 aliphatic heterocycles. The van der Waals surface area contributed by atoms with Crippen LogP contribution in [0.25, 0.3) is 0 Å². The Balaban J connectivity index is 0.00000162. The molecule has 1 aliphatic rings. The molecular weight excluding hydrogens is 255 g/mol. The van der Waals surface area contributed by atoms with E-state index in [9.17, 15) is 9.18 Å². The molecule has 0 radical (unpaired) electrons. The Bertz CT molecular complexity index is 419. The number of hydrogen-bond acceptors (Lipinski definition) is 2. The van der Waals surface area contributed by atoms with Gasteiger partial charge in [0.05, 0.1) is 0 Å². The molecule has 0 saturated carbocycles. The predicted molar refractivity (Wildman–Crippen MR) is 72.6 cm³/mol. The number of hydrogen-bond donors (Lipinski definition) is 2. The summed E-state index contributed by atoms with van der Waals surface area (Å²) in [6.45, 7) is 3.69. The predicted octanol–water partition coefficient (Wildman–Crippen LogP) is 2.49. The number of halogens is 2. The number of rotatable bonds is 3. The van der Waals surface area contributed by atoms with Crippen molar-refractivity contribution in [2.45, 2.75) is 19.8 Å². The molecule has 100 valence electrons. The highest BCUT2D eigenvalue weighted by Gasteiger charge is 2.18. The largest absolute Gasteiger partial charge is 0.326 e. The van der Waals surface area contributed by atoms with E-state index in [1.807, 2.05) is 0 Å². The summed E-state index contributed by atoms with van der Waals surface area (Å²) in [6.07, 6.45) is 1.58. The second-order valence-corrected chi connectivity index (χ2v) is 4.57. The number of carbonyl (C=O) groups is 1. The summed E-state index contributed by atoms with van der Waals surface area (Å²) in [7, 11) is 0. The lowest BCUT2D eigenvalue weighted by atomic mass is 10.0. The van der Waals surface area contributed by atoms with Gasteiger partial charge in [-0.15, -0.1) is 12.4 Å². The summed E-state index contributed by atoms with van der Waals surface area (Å²) in [5.74, 6) is 0.157. The van der Waals surface area contributed by atoms with E-state index in [1.165, 1.54) is 12.1 Å². The van der Waals surface area contributed by atoms with Gasteiger partial charge in [0.2, 0.25) is 5.91 Å². The SMILES string of the molecule is Cc1cc(F)ccc1NC(=O)CC1CCNC1.Cl. The fourth-order valence-electron chi connectivity index (χ4n) is 2.12. The third-order valence-electron chi connectivity index (χ3n) is 3.10. The molecule has 0 bridgehead atoms. The minimum Gasteiger partial charge on any atom is -0.326 e. The highest BCUT2D eigenvalue weighted by atomic mass is 35.5. The van der Waals surface area contributed by atoms with Gasteiger partial charge in [-0.3, -0.25) is 4.79 Å². The summed E-state index contributed by atoms with van der Waals surface area (Å²) in [5.41, 5.74) is 1.45. The van der Waals surface area contributed by atoms with Crippen LogP contribution < -0.4 is 10.6 Å². The van der Waals surface area contributed by atoms with Crippen molar-refractivity contribution in [2.24, 2.45) is 5.92 Å². The fraction of sp³-hybridized carbons (Fsp3) is 0.462. The van der Waals surface area contributed by atoms with E-state index in [-0.39, 0.29) is 24.1 Å². The van der Waals surface area contributed by atoms with Crippen LogP contribution in [0.3, 0.4) is 0 Å². The van der Waals surface area contributed by atoms with Gasteiger partial charge in [-0.25, -0.2) is 4.39 Å². The van der Waals surface area contributed by atoms with Crippen molar-refractivity contribution >= 4 is 24.0 Å². The Morgan fingerprint density at radius 1 is 1.56 bits per heavy atom. The number of nitrogens with one attached hydrogen (secondary N) is 2. The monoisotopic (exact) mass is 272 g/mol. The first-order valence-corrected chi connectivity index (χ1v) is 5.92. The molecule has 0 spiro atoms. The first-order chi connectivity index (χ1) is 8.15. The minimum absolute atomic E-state index is 0. The lowest BCUT2D eigenvalue weighted by molar-refractivity contribution is -0.116. The molecule has 1 aromatic carbocycles. The average Bonchev–Trinajstić information content (AvgIpc) is 2.75. The quantitative estimate of drug-likeness (QED) is 0.888. The van der Waals surface area contributed by atoms with Crippen LogP contribution >= 0.6 is 12.4 Å². The van der Waals surface area contributed by atoms with Crippen molar-refractivity contribution in [1.29, 1.82) is 0 Å². The van der Waals surface area contributed by atoms with Gasteiger partial charge in [0, 0.05) is 12.1 Å². The minimum atomic E-state index is -0.277. The second kappa shape index (κ2) is 6.71. The third kappa shape index (κ3) is 3.96. The Labute approximate surface area is 113 Å². The van der Waals surface area contributed by atoms with E-state index >= 15 is 0 Å². The van der Waals surface area contributed by atoms with Crippen LogP contribution in [0.4, 0.5) is 10.1 Å². The van der Waals surface area contributed by atoms with Crippen LogP contribution in [-0.2, 0) is 4.79 Å². The van der Waals surface area contributed by atoms with Crippen molar-refractivity contribution in [2.75, 3.05) is 18.4 Å². The molecule has 2 rings (SSSR count). The lowest BCUT2D eigenvalue weighted by Crippen LogP contribution is -2.18. The molecule has 0 aliphatic carbocycles. The molecule has 1 aromatic rings. The van der Waals surface area contributed by atoms with Gasteiger partial charge < -0.3 is 10.6 Å². The van der Waals surface area contributed by atoms with E-state index in [0.717, 1.165) is 25.1 Å². The van der Waals surface area contributed by atoms with Crippen molar-refractivity contribution < 1.29 is 9.18 Å². The zero-order chi connectivity index (χ0) is 12.3. The fourth-order valence-corrected chi connectivity index (χ4v) is 2.12. The molecule has 0 aromatic heterocycles. The second-order valence-electron chi connectivity index (χ2n) is 4.57. The summed E-state index contributed by atoms with van der Waals surface area (Å²) in [5, 5.41) is 6.06. The number of anilines is 1. The van der Waals surface area contributed by atoms with Crippen LogP contribution in [0.15, 0.2) is 18.2 Å². The summed E-state index contributed by atoms with van der Waals surface area (Å²) >= 11 is 0. The zero-order valence-electron chi connectivity index (χ0n) is 10.3. The summed E-state index contributed by atoms with van der Waals surface area (Å²) in [6, 6.07) is 4.39.